The van der Waals surface area contributed by atoms with Gasteiger partial charge in [-0.05, 0) is 18.4 Å². The lowest BCUT2D eigenvalue weighted by molar-refractivity contribution is 0.118. The van der Waals surface area contributed by atoms with E-state index in [0.29, 0.717) is 0 Å². The van der Waals surface area contributed by atoms with Crippen molar-refractivity contribution in [1.29, 1.82) is 0 Å². The predicted molar refractivity (Wildman–Crippen MR) is 43.4 cm³/mol. The van der Waals surface area contributed by atoms with Crippen LogP contribution in [0.5, 0.6) is 0 Å². The second-order valence-corrected chi connectivity index (χ2v) is 3.07. The Morgan fingerprint density at radius 3 is 3.00 bits per heavy atom. The van der Waals surface area contributed by atoms with E-state index in [-0.39, 0.29) is 6.10 Å². The fraction of sp³-hybridized carbons (Fsp3) is 0.286. The van der Waals surface area contributed by atoms with Gasteiger partial charge in [0.15, 0.2) is 0 Å². The van der Waals surface area contributed by atoms with E-state index >= 15 is 0 Å². The van der Waals surface area contributed by atoms with E-state index in [0.717, 1.165) is 4.88 Å². The van der Waals surface area contributed by atoms with Gasteiger partial charge in [0.05, 0.1) is 0 Å². The molecule has 4 heteroatoms. The van der Waals surface area contributed by atoms with E-state index in [9.17, 15) is 4.79 Å². The molecule has 11 heavy (non-hydrogen) atoms. The molecule has 2 N–H and O–H groups in total. The number of hydrogen-bond acceptors (Lipinski definition) is 3. The maximum atomic E-state index is 10.3. The van der Waals surface area contributed by atoms with Crippen molar-refractivity contribution in [3.8, 4) is 0 Å². The molecule has 1 aromatic heterocycles. The van der Waals surface area contributed by atoms with Crippen LogP contribution in [0.4, 0.5) is 4.79 Å². The Bertz CT molecular complexity index is 233. The fourth-order valence-electron chi connectivity index (χ4n) is 0.755. The summed E-state index contributed by atoms with van der Waals surface area (Å²) in [5, 5.41) is 1.93. The first kappa shape index (κ1) is 8.07. The third kappa shape index (κ3) is 2.23. The molecule has 0 saturated carbocycles. The Hall–Kier alpha value is -1.03. The van der Waals surface area contributed by atoms with Crippen molar-refractivity contribution in [2.75, 3.05) is 0 Å². The Morgan fingerprint density at radius 1 is 1.82 bits per heavy atom. The number of amides is 1. The quantitative estimate of drug-likeness (QED) is 0.738. The third-order valence-corrected chi connectivity index (χ3v) is 2.27. The van der Waals surface area contributed by atoms with Crippen molar-refractivity contribution in [3.05, 3.63) is 22.4 Å². The van der Waals surface area contributed by atoms with Gasteiger partial charge < -0.3 is 10.5 Å². The highest BCUT2D eigenvalue weighted by Crippen LogP contribution is 2.21. The number of carbonyl (C=O) groups is 1. The summed E-state index contributed by atoms with van der Waals surface area (Å²) in [4.78, 5) is 11.3. The van der Waals surface area contributed by atoms with Gasteiger partial charge in [-0.25, -0.2) is 4.79 Å². The summed E-state index contributed by atoms with van der Waals surface area (Å²) >= 11 is 1.54. The molecule has 0 bridgehead atoms. The minimum Gasteiger partial charge on any atom is -0.441 e. The average molecular weight is 171 g/mol. The average Bonchev–Trinajstić information content (AvgIpc) is 2.35. The van der Waals surface area contributed by atoms with Crippen LogP contribution in [0.25, 0.3) is 0 Å². The van der Waals surface area contributed by atoms with Gasteiger partial charge in [-0.1, -0.05) is 6.07 Å². The van der Waals surface area contributed by atoms with Crippen LogP contribution in [0.15, 0.2) is 17.5 Å². The highest BCUT2D eigenvalue weighted by atomic mass is 32.1. The zero-order valence-corrected chi connectivity index (χ0v) is 6.93. The molecule has 0 aliphatic rings. The summed E-state index contributed by atoms with van der Waals surface area (Å²) in [5.74, 6) is 0. The van der Waals surface area contributed by atoms with Gasteiger partial charge in [-0.3, -0.25) is 0 Å². The zero-order chi connectivity index (χ0) is 8.27. The molecule has 1 heterocycles. The van der Waals surface area contributed by atoms with Crippen LogP contribution in [0.2, 0.25) is 0 Å². The lowest BCUT2D eigenvalue weighted by Gasteiger charge is -2.07. The van der Waals surface area contributed by atoms with Crippen LogP contribution >= 0.6 is 11.3 Å². The first-order chi connectivity index (χ1) is 5.20. The summed E-state index contributed by atoms with van der Waals surface area (Å²) in [5.41, 5.74) is 4.84. The van der Waals surface area contributed by atoms with E-state index in [1.54, 1.807) is 18.3 Å². The third-order valence-electron chi connectivity index (χ3n) is 1.24. The summed E-state index contributed by atoms with van der Waals surface area (Å²) in [6.07, 6.45) is -0.960. The second-order valence-electron chi connectivity index (χ2n) is 2.09. The number of primary amides is 1. The van der Waals surface area contributed by atoms with Gasteiger partial charge in [-0.2, -0.15) is 0 Å². The molecule has 1 aromatic rings. The molecule has 3 nitrogen and oxygen atoms in total. The molecule has 0 spiro atoms. The van der Waals surface area contributed by atoms with Crippen LogP contribution in [0, 0.1) is 0 Å². The Labute approximate surface area is 68.8 Å². The van der Waals surface area contributed by atoms with Crippen LogP contribution in [-0.2, 0) is 4.74 Å². The summed E-state index contributed by atoms with van der Waals surface area (Å²) < 4.78 is 4.74. The Morgan fingerprint density at radius 2 is 2.55 bits per heavy atom. The van der Waals surface area contributed by atoms with Gasteiger partial charge in [0.1, 0.15) is 6.10 Å². The summed E-state index contributed by atoms with van der Waals surface area (Å²) in [7, 11) is 0. The predicted octanol–water partition coefficient (Wildman–Crippen LogP) is 1.90. The Kier molecular flexibility index (Phi) is 2.48. The van der Waals surface area contributed by atoms with Crippen LogP contribution in [0.1, 0.15) is 17.9 Å². The van der Waals surface area contributed by atoms with Crippen molar-refractivity contribution in [2.45, 2.75) is 13.0 Å². The van der Waals surface area contributed by atoms with Crippen molar-refractivity contribution in [3.63, 3.8) is 0 Å². The van der Waals surface area contributed by atoms with Gasteiger partial charge in [0, 0.05) is 4.88 Å². The Balaban J connectivity index is 2.56. The molecule has 0 aromatic carbocycles. The van der Waals surface area contributed by atoms with Gasteiger partial charge in [0.25, 0.3) is 0 Å². The highest BCUT2D eigenvalue weighted by Gasteiger charge is 2.08. The van der Waals surface area contributed by atoms with Gasteiger partial charge >= 0.3 is 6.09 Å². The molecule has 1 atom stereocenters. The van der Waals surface area contributed by atoms with E-state index < -0.39 is 6.09 Å². The minimum atomic E-state index is -0.731. The van der Waals surface area contributed by atoms with E-state index in [1.807, 2.05) is 17.5 Å². The number of hydrogen-bond donors (Lipinski definition) is 1. The summed E-state index contributed by atoms with van der Waals surface area (Å²) in [6.45, 7) is 1.79. The maximum Gasteiger partial charge on any atom is 0.405 e. The molecule has 60 valence electrons. The van der Waals surface area contributed by atoms with Gasteiger partial charge in [0.2, 0.25) is 0 Å². The molecule has 0 fully saturated rings. The molecule has 1 amide bonds. The SMILES string of the molecule is CC(OC(N)=O)c1cccs1. The highest BCUT2D eigenvalue weighted by molar-refractivity contribution is 7.10. The molecular formula is C7H9NO2S. The molecule has 0 aliphatic carbocycles. The van der Waals surface area contributed by atoms with Crippen molar-refractivity contribution in [1.82, 2.24) is 0 Å². The topological polar surface area (TPSA) is 52.3 Å². The van der Waals surface area contributed by atoms with Gasteiger partial charge in [-0.15, -0.1) is 11.3 Å². The van der Waals surface area contributed by atoms with E-state index in [4.69, 9.17) is 10.5 Å². The number of carbonyl (C=O) groups excluding carboxylic acids is 1. The van der Waals surface area contributed by atoms with Crippen LogP contribution in [-0.4, -0.2) is 6.09 Å². The monoisotopic (exact) mass is 171 g/mol. The molecule has 0 saturated heterocycles. The molecule has 1 unspecified atom stereocenters. The first-order valence-electron chi connectivity index (χ1n) is 3.19. The van der Waals surface area contributed by atoms with Crippen molar-refractivity contribution >= 4 is 17.4 Å². The lowest BCUT2D eigenvalue weighted by Crippen LogP contribution is -2.14. The van der Waals surface area contributed by atoms with Crippen LogP contribution in [0.3, 0.4) is 0 Å². The lowest BCUT2D eigenvalue weighted by atomic mass is 10.3. The number of ether oxygens (including phenoxy) is 1. The molecular weight excluding hydrogens is 162 g/mol. The molecule has 0 radical (unpaired) electrons. The largest absolute Gasteiger partial charge is 0.441 e. The standard InChI is InChI=1S/C7H9NO2S/c1-5(10-7(8)9)6-3-2-4-11-6/h2-5H,1H3,(H2,8,9). The van der Waals surface area contributed by atoms with Crippen molar-refractivity contribution in [2.24, 2.45) is 5.73 Å². The molecule has 1 rings (SSSR count). The second kappa shape index (κ2) is 3.39. The first-order valence-corrected chi connectivity index (χ1v) is 4.07. The fourth-order valence-corrected chi connectivity index (χ4v) is 1.47. The van der Waals surface area contributed by atoms with Crippen molar-refractivity contribution < 1.29 is 9.53 Å². The minimum absolute atomic E-state index is 0.229. The number of thiophene rings is 1. The molecule has 0 aliphatic heterocycles. The smallest absolute Gasteiger partial charge is 0.405 e. The van der Waals surface area contributed by atoms with E-state index in [1.165, 1.54) is 0 Å². The normalized spacial score (nSPS) is 12.5. The number of nitrogens with two attached hydrogens (primary N) is 1. The van der Waals surface area contributed by atoms with E-state index in [2.05, 4.69) is 0 Å². The van der Waals surface area contributed by atoms with Crippen LogP contribution < -0.4 is 5.73 Å². The number of rotatable bonds is 2. The summed E-state index contributed by atoms with van der Waals surface area (Å²) in [6, 6.07) is 3.80. The maximum absolute atomic E-state index is 10.3. The zero-order valence-electron chi connectivity index (χ0n) is 6.11.